The van der Waals surface area contributed by atoms with Crippen molar-refractivity contribution in [2.45, 2.75) is 71.9 Å². The van der Waals surface area contributed by atoms with Crippen molar-refractivity contribution in [1.82, 2.24) is 15.5 Å². The maximum absolute atomic E-state index is 12.8. The number of carbonyl (C=O) groups excluding carboxylic acids is 1. The summed E-state index contributed by atoms with van der Waals surface area (Å²) >= 11 is 0. The highest BCUT2D eigenvalue weighted by Gasteiger charge is 2.49. The number of hydrogen-bond donors (Lipinski definition) is 2. The first-order chi connectivity index (χ1) is 13.5. The van der Waals surface area contributed by atoms with Crippen LogP contribution in [0.3, 0.4) is 0 Å². The molecule has 9 nitrogen and oxygen atoms in total. The van der Waals surface area contributed by atoms with Crippen molar-refractivity contribution in [1.29, 1.82) is 0 Å². The Morgan fingerprint density at radius 3 is 2.43 bits per heavy atom. The maximum atomic E-state index is 12.8. The molecule has 0 bridgehead atoms. The fraction of sp³-hybridized carbons (Fsp3) is 0.900. The molecule has 1 aliphatic heterocycles. The van der Waals surface area contributed by atoms with E-state index in [9.17, 15) is 4.79 Å². The van der Waals surface area contributed by atoms with Crippen molar-refractivity contribution in [3.63, 3.8) is 0 Å². The van der Waals surface area contributed by atoms with E-state index in [0.717, 1.165) is 6.54 Å². The third-order valence-electron chi connectivity index (χ3n) is 4.27. The van der Waals surface area contributed by atoms with Crippen LogP contribution in [-0.2, 0) is 18.9 Å². The van der Waals surface area contributed by atoms with Gasteiger partial charge in [0.2, 0.25) is 0 Å². The predicted molar refractivity (Wildman–Crippen MR) is 129 cm³/mol. The number of ether oxygens (including phenoxy) is 4. The van der Waals surface area contributed by atoms with Gasteiger partial charge >= 0.3 is 6.09 Å². The first-order valence-corrected chi connectivity index (χ1v) is 10.3. The number of amides is 1. The van der Waals surface area contributed by atoms with Crippen LogP contribution in [0.25, 0.3) is 0 Å². The average Bonchev–Trinajstić information content (AvgIpc) is 2.82. The summed E-state index contributed by atoms with van der Waals surface area (Å²) in [5.41, 5.74) is -1.34. The fourth-order valence-corrected chi connectivity index (χ4v) is 3.11. The molecule has 10 heteroatoms. The third-order valence-corrected chi connectivity index (χ3v) is 4.27. The molecule has 0 aliphatic carbocycles. The first kappa shape index (κ1) is 29.1. The highest BCUT2D eigenvalue weighted by Crippen LogP contribution is 2.33. The summed E-state index contributed by atoms with van der Waals surface area (Å²) in [6, 6.07) is -0.228. The highest BCUT2D eigenvalue weighted by atomic mass is 127. The number of halogens is 1. The van der Waals surface area contributed by atoms with Crippen LogP contribution in [0.1, 0.15) is 48.5 Å². The topological polar surface area (TPSA) is 93.7 Å². The van der Waals surface area contributed by atoms with E-state index < -0.39 is 17.4 Å². The lowest BCUT2D eigenvalue weighted by molar-refractivity contribution is -0.0755. The van der Waals surface area contributed by atoms with Crippen molar-refractivity contribution in [2.75, 3.05) is 46.6 Å². The van der Waals surface area contributed by atoms with Crippen LogP contribution in [0.5, 0.6) is 0 Å². The van der Waals surface area contributed by atoms with Crippen molar-refractivity contribution in [2.24, 2.45) is 4.99 Å². The number of nitrogens with zero attached hydrogens (tertiary/aromatic N) is 2. The van der Waals surface area contributed by atoms with Crippen LogP contribution >= 0.6 is 24.0 Å². The number of methoxy groups -OCH3 is 1. The molecule has 1 rings (SSSR count). The standard InChI is InChI=1S/C20H40N4O5.HI/c1-9-21-17(22-10-11-27-13-12-26-8)23-14-16-15(2)28-20(6,7)24(16)18(25)29-19(3,4)5;/h15-16H,9-14H2,1-8H3,(H2,21,22,23);1H. The Labute approximate surface area is 198 Å². The van der Waals surface area contributed by atoms with Gasteiger partial charge in [-0.2, -0.15) is 0 Å². The average molecular weight is 544 g/mol. The van der Waals surface area contributed by atoms with E-state index in [1.54, 1.807) is 12.0 Å². The second-order valence-electron chi connectivity index (χ2n) is 8.44. The Morgan fingerprint density at radius 1 is 1.20 bits per heavy atom. The Balaban J connectivity index is 0.00000841. The molecule has 1 saturated heterocycles. The summed E-state index contributed by atoms with van der Waals surface area (Å²) in [6.07, 6.45) is -0.557. The van der Waals surface area contributed by atoms with E-state index in [0.29, 0.717) is 38.9 Å². The summed E-state index contributed by atoms with van der Waals surface area (Å²) < 4.78 is 22.0. The van der Waals surface area contributed by atoms with Crippen LogP contribution in [0.15, 0.2) is 4.99 Å². The zero-order valence-electron chi connectivity index (χ0n) is 19.7. The minimum atomic E-state index is -0.761. The van der Waals surface area contributed by atoms with Crippen LogP contribution in [0.2, 0.25) is 0 Å². The van der Waals surface area contributed by atoms with E-state index in [4.69, 9.17) is 18.9 Å². The lowest BCUT2D eigenvalue weighted by Gasteiger charge is -2.34. The predicted octanol–water partition coefficient (Wildman–Crippen LogP) is 2.58. The van der Waals surface area contributed by atoms with Gasteiger partial charge in [0.25, 0.3) is 0 Å². The lowest BCUT2D eigenvalue weighted by Crippen LogP contribution is -2.51. The van der Waals surface area contributed by atoms with Crippen LogP contribution < -0.4 is 10.6 Å². The normalized spacial score (nSPS) is 21.2. The Hall–Kier alpha value is -0.850. The molecule has 30 heavy (non-hydrogen) atoms. The van der Waals surface area contributed by atoms with Crippen molar-refractivity contribution >= 4 is 36.0 Å². The van der Waals surface area contributed by atoms with Crippen molar-refractivity contribution in [3.05, 3.63) is 0 Å². The molecule has 2 N–H and O–H groups in total. The Bertz CT molecular complexity index is 540. The van der Waals surface area contributed by atoms with Crippen LogP contribution in [-0.4, -0.2) is 87.0 Å². The molecule has 1 fully saturated rings. The first-order valence-electron chi connectivity index (χ1n) is 10.3. The molecule has 1 aliphatic rings. The van der Waals surface area contributed by atoms with Gasteiger partial charge in [0, 0.05) is 20.2 Å². The minimum absolute atomic E-state index is 0. The number of rotatable bonds is 9. The molecular formula is C20H41IN4O5. The highest BCUT2D eigenvalue weighted by molar-refractivity contribution is 14.0. The Morgan fingerprint density at radius 2 is 1.87 bits per heavy atom. The van der Waals surface area contributed by atoms with E-state index in [-0.39, 0.29) is 36.1 Å². The van der Waals surface area contributed by atoms with Crippen LogP contribution in [0.4, 0.5) is 4.79 Å². The van der Waals surface area contributed by atoms with Gasteiger partial charge in [-0.25, -0.2) is 4.79 Å². The van der Waals surface area contributed by atoms with Gasteiger partial charge in [-0.15, -0.1) is 24.0 Å². The molecule has 0 aromatic heterocycles. The molecule has 0 saturated carbocycles. The molecule has 0 radical (unpaired) electrons. The number of hydrogen-bond acceptors (Lipinski definition) is 6. The molecule has 0 aromatic rings. The maximum Gasteiger partial charge on any atom is 0.412 e. The quantitative estimate of drug-likeness (QED) is 0.200. The van der Waals surface area contributed by atoms with Crippen molar-refractivity contribution in [3.8, 4) is 0 Å². The van der Waals surface area contributed by atoms with Gasteiger partial charge < -0.3 is 29.6 Å². The smallest absolute Gasteiger partial charge is 0.412 e. The summed E-state index contributed by atoms with van der Waals surface area (Å²) in [5.74, 6) is 0.670. The molecule has 0 spiro atoms. The Kier molecular flexibility index (Phi) is 13.2. The number of carbonyl (C=O) groups is 1. The second-order valence-corrected chi connectivity index (χ2v) is 8.44. The molecule has 178 valence electrons. The lowest BCUT2D eigenvalue weighted by atomic mass is 10.1. The van der Waals surface area contributed by atoms with E-state index in [2.05, 4.69) is 15.6 Å². The second kappa shape index (κ2) is 13.5. The molecule has 2 atom stereocenters. The van der Waals surface area contributed by atoms with Gasteiger partial charge in [0.1, 0.15) is 11.3 Å². The zero-order chi connectivity index (χ0) is 22.1. The van der Waals surface area contributed by atoms with Gasteiger partial charge in [-0.3, -0.25) is 9.89 Å². The van der Waals surface area contributed by atoms with Gasteiger partial charge in [0.05, 0.1) is 38.5 Å². The van der Waals surface area contributed by atoms with E-state index >= 15 is 0 Å². The summed E-state index contributed by atoms with van der Waals surface area (Å²) in [6.45, 7) is 16.7. The number of aliphatic imine (C=N–C) groups is 1. The number of nitrogens with one attached hydrogen (secondary N) is 2. The summed E-state index contributed by atoms with van der Waals surface area (Å²) in [5, 5.41) is 6.45. The molecule has 2 unspecified atom stereocenters. The molecular weight excluding hydrogens is 503 g/mol. The molecule has 0 aromatic carbocycles. The van der Waals surface area contributed by atoms with Gasteiger partial charge in [-0.05, 0) is 48.5 Å². The summed E-state index contributed by atoms with van der Waals surface area (Å²) in [7, 11) is 1.65. The third kappa shape index (κ3) is 9.97. The SMILES string of the molecule is CCNC(=NCC1C(C)OC(C)(C)N1C(=O)OC(C)(C)C)NCCOCCOC.I. The van der Waals surface area contributed by atoms with Crippen molar-refractivity contribution < 1.29 is 23.7 Å². The van der Waals surface area contributed by atoms with Gasteiger partial charge in [-0.1, -0.05) is 0 Å². The monoisotopic (exact) mass is 544 g/mol. The molecule has 1 heterocycles. The fourth-order valence-electron chi connectivity index (χ4n) is 3.11. The van der Waals surface area contributed by atoms with Gasteiger partial charge in [0.15, 0.2) is 5.96 Å². The largest absolute Gasteiger partial charge is 0.444 e. The number of guanidine groups is 1. The van der Waals surface area contributed by atoms with E-state index in [1.807, 2.05) is 48.5 Å². The van der Waals surface area contributed by atoms with Crippen LogP contribution in [0, 0.1) is 0 Å². The zero-order valence-corrected chi connectivity index (χ0v) is 22.1. The minimum Gasteiger partial charge on any atom is -0.444 e. The summed E-state index contributed by atoms with van der Waals surface area (Å²) in [4.78, 5) is 19.1. The molecule has 1 amide bonds. The van der Waals surface area contributed by atoms with E-state index in [1.165, 1.54) is 0 Å².